The summed E-state index contributed by atoms with van der Waals surface area (Å²) in [6.07, 6.45) is 4.75. The number of hydrogen-bond donors (Lipinski definition) is 1. The molecule has 0 aliphatic heterocycles. The van der Waals surface area contributed by atoms with Gasteiger partial charge in [-0.15, -0.1) is 0 Å². The summed E-state index contributed by atoms with van der Waals surface area (Å²) in [7, 11) is 0. The highest BCUT2D eigenvalue weighted by Crippen LogP contribution is 2.32. The predicted molar refractivity (Wildman–Crippen MR) is 40.2 cm³/mol. The van der Waals surface area contributed by atoms with Crippen molar-refractivity contribution in [3.05, 3.63) is 0 Å². The Balaban J connectivity index is 2.30. The average Bonchev–Trinajstić information content (AvgIpc) is 1.80. The highest BCUT2D eigenvalue weighted by Gasteiger charge is 2.26. The van der Waals surface area contributed by atoms with Crippen LogP contribution in [0.2, 0.25) is 0 Å². The fourth-order valence-electron chi connectivity index (χ4n) is 1.34. The Labute approximate surface area is 62.0 Å². The van der Waals surface area contributed by atoms with Gasteiger partial charge < -0.3 is 5.73 Å². The van der Waals surface area contributed by atoms with Crippen LogP contribution in [0, 0.1) is 17.2 Å². The molecule has 1 saturated carbocycles. The van der Waals surface area contributed by atoms with Gasteiger partial charge in [0.2, 0.25) is 0 Å². The maximum absolute atomic E-state index is 8.59. The van der Waals surface area contributed by atoms with E-state index >= 15 is 0 Å². The second kappa shape index (κ2) is 2.59. The second-order valence-electron chi connectivity index (χ2n) is 3.53. The SMILES string of the molecule is CC(N)(C#N)CC1CCC1. The lowest BCUT2D eigenvalue weighted by Gasteiger charge is -2.30. The lowest BCUT2D eigenvalue weighted by molar-refractivity contribution is 0.260. The van der Waals surface area contributed by atoms with Gasteiger partial charge in [0.25, 0.3) is 0 Å². The first kappa shape index (κ1) is 7.56. The molecule has 2 N–H and O–H groups in total. The smallest absolute Gasteiger partial charge is 0.101 e. The molecule has 0 saturated heterocycles. The standard InChI is InChI=1S/C8H14N2/c1-8(10,6-9)5-7-3-2-4-7/h7H,2-5,10H2,1H3. The third kappa shape index (κ3) is 1.71. The van der Waals surface area contributed by atoms with E-state index in [1.54, 1.807) is 0 Å². The van der Waals surface area contributed by atoms with Gasteiger partial charge in [0.05, 0.1) is 6.07 Å². The van der Waals surface area contributed by atoms with Gasteiger partial charge >= 0.3 is 0 Å². The monoisotopic (exact) mass is 138 g/mol. The van der Waals surface area contributed by atoms with Crippen molar-refractivity contribution in [2.24, 2.45) is 11.7 Å². The molecule has 1 rings (SSSR count). The maximum Gasteiger partial charge on any atom is 0.101 e. The van der Waals surface area contributed by atoms with Gasteiger partial charge in [-0.2, -0.15) is 5.26 Å². The number of nitriles is 1. The van der Waals surface area contributed by atoms with Crippen molar-refractivity contribution < 1.29 is 0 Å². The minimum Gasteiger partial charge on any atom is -0.314 e. The lowest BCUT2D eigenvalue weighted by Crippen LogP contribution is -2.37. The number of hydrogen-bond acceptors (Lipinski definition) is 2. The lowest BCUT2D eigenvalue weighted by atomic mass is 9.77. The summed E-state index contributed by atoms with van der Waals surface area (Å²) >= 11 is 0. The normalized spacial score (nSPS) is 24.5. The van der Waals surface area contributed by atoms with Crippen molar-refractivity contribution in [3.8, 4) is 6.07 Å². The first-order valence-electron chi connectivity index (χ1n) is 3.84. The summed E-state index contributed by atoms with van der Waals surface area (Å²) in [5, 5.41) is 8.59. The molecule has 56 valence electrons. The van der Waals surface area contributed by atoms with Gasteiger partial charge in [-0.3, -0.25) is 0 Å². The summed E-state index contributed by atoms with van der Waals surface area (Å²) < 4.78 is 0. The molecule has 0 aromatic rings. The van der Waals surface area contributed by atoms with Crippen molar-refractivity contribution >= 4 is 0 Å². The number of rotatable bonds is 2. The molecule has 1 atom stereocenters. The molecule has 2 heteroatoms. The van der Waals surface area contributed by atoms with Gasteiger partial charge in [-0.05, 0) is 19.3 Å². The summed E-state index contributed by atoms with van der Waals surface area (Å²) in [5.41, 5.74) is 5.09. The fraction of sp³-hybridized carbons (Fsp3) is 0.875. The van der Waals surface area contributed by atoms with Crippen LogP contribution in [0.25, 0.3) is 0 Å². The van der Waals surface area contributed by atoms with Crippen LogP contribution in [-0.4, -0.2) is 5.54 Å². The van der Waals surface area contributed by atoms with Crippen LogP contribution in [-0.2, 0) is 0 Å². The van der Waals surface area contributed by atoms with E-state index in [9.17, 15) is 0 Å². The van der Waals surface area contributed by atoms with E-state index in [4.69, 9.17) is 11.0 Å². The van der Waals surface area contributed by atoms with Crippen molar-refractivity contribution in [2.45, 2.75) is 38.1 Å². The van der Waals surface area contributed by atoms with Crippen molar-refractivity contribution in [1.29, 1.82) is 5.26 Å². The van der Waals surface area contributed by atoms with E-state index in [-0.39, 0.29) is 0 Å². The first-order chi connectivity index (χ1) is 4.64. The van der Waals surface area contributed by atoms with Gasteiger partial charge in [-0.1, -0.05) is 19.3 Å². The van der Waals surface area contributed by atoms with Gasteiger partial charge in [0.15, 0.2) is 0 Å². The molecule has 0 radical (unpaired) electrons. The molecule has 1 aliphatic rings. The summed E-state index contributed by atoms with van der Waals surface area (Å²) in [6.45, 7) is 1.81. The van der Waals surface area contributed by atoms with E-state index in [1.807, 2.05) is 6.92 Å². The largest absolute Gasteiger partial charge is 0.314 e. The Bertz CT molecular complexity index is 151. The second-order valence-corrected chi connectivity index (χ2v) is 3.53. The van der Waals surface area contributed by atoms with E-state index < -0.39 is 5.54 Å². The average molecular weight is 138 g/mol. The molecule has 1 unspecified atom stereocenters. The van der Waals surface area contributed by atoms with E-state index in [0.29, 0.717) is 0 Å². The van der Waals surface area contributed by atoms with E-state index in [2.05, 4.69) is 6.07 Å². The molecular formula is C8H14N2. The Hall–Kier alpha value is -0.550. The third-order valence-electron chi connectivity index (χ3n) is 2.19. The summed E-state index contributed by atoms with van der Waals surface area (Å²) in [6, 6.07) is 2.12. The van der Waals surface area contributed by atoms with Crippen LogP contribution in [0.5, 0.6) is 0 Å². The zero-order valence-corrected chi connectivity index (χ0v) is 6.43. The highest BCUT2D eigenvalue weighted by atomic mass is 14.7. The molecule has 10 heavy (non-hydrogen) atoms. The molecule has 1 aliphatic carbocycles. The zero-order valence-electron chi connectivity index (χ0n) is 6.43. The molecule has 0 heterocycles. The van der Waals surface area contributed by atoms with E-state index in [1.165, 1.54) is 19.3 Å². The van der Waals surface area contributed by atoms with Gasteiger partial charge in [0.1, 0.15) is 5.54 Å². The quantitative estimate of drug-likeness (QED) is 0.627. The Morgan fingerprint density at radius 3 is 2.60 bits per heavy atom. The number of nitrogens with two attached hydrogens (primary N) is 1. The Morgan fingerprint density at radius 2 is 2.30 bits per heavy atom. The van der Waals surface area contributed by atoms with Crippen LogP contribution in [0.15, 0.2) is 0 Å². The zero-order chi connectivity index (χ0) is 7.61. The fourth-order valence-corrected chi connectivity index (χ4v) is 1.34. The summed E-state index contributed by atoms with van der Waals surface area (Å²) in [4.78, 5) is 0. The topological polar surface area (TPSA) is 49.8 Å². The Morgan fingerprint density at radius 1 is 1.70 bits per heavy atom. The van der Waals surface area contributed by atoms with Crippen LogP contribution >= 0.6 is 0 Å². The molecule has 0 amide bonds. The Kier molecular flexibility index (Phi) is 1.96. The number of nitrogens with zero attached hydrogens (tertiary/aromatic N) is 1. The predicted octanol–water partition coefficient (Wildman–Crippen LogP) is 1.42. The van der Waals surface area contributed by atoms with Crippen LogP contribution in [0.3, 0.4) is 0 Å². The van der Waals surface area contributed by atoms with Crippen LogP contribution in [0.4, 0.5) is 0 Å². The molecule has 0 aromatic carbocycles. The molecule has 2 nitrogen and oxygen atoms in total. The molecule has 1 fully saturated rings. The minimum atomic E-state index is -0.578. The molecule has 0 bridgehead atoms. The molecule has 0 aromatic heterocycles. The van der Waals surface area contributed by atoms with Crippen molar-refractivity contribution in [1.82, 2.24) is 0 Å². The van der Waals surface area contributed by atoms with Crippen molar-refractivity contribution in [2.75, 3.05) is 0 Å². The minimum absolute atomic E-state index is 0.578. The van der Waals surface area contributed by atoms with Gasteiger partial charge in [0, 0.05) is 0 Å². The maximum atomic E-state index is 8.59. The van der Waals surface area contributed by atoms with Crippen LogP contribution < -0.4 is 5.73 Å². The van der Waals surface area contributed by atoms with E-state index in [0.717, 1.165) is 12.3 Å². The third-order valence-corrected chi connectivity index (χ3v) is 2.19. The van der Waals surface area contributed by atoms with Crippen molar-refractivity contribution in [3.63, 3.8) is 0 Å². The molecule has 0 spiro atoms. The molecular weight excluding hydrogens is 124 g/mol. The summed E-state index contributed by atoms with van der Waals surface area (Å²) in [5.74, 6) is 0.731. The highest BCUT2D eigenvalue weighted by molar-refractivity contribution is 5.02. The van der Waals surface area contributed by atoms with Gasteiger partial charge in [-0.25, -0.2) is 0 Å². The first-order valence-corrected chi connectivity index (χ1v) is 3.84. The van der Waals surface area contributed by atoms with Crippen LogP contribution in [0.1, 0.15) is 32.6 Å².